The molecule has 0 bridgehead atoms. The Morgan fingerprint density at radius 2 is 2.33 bits per heavy atom. The van der Waals surface area contributed by atoms with Crippen LogP contribution in [0, 0.1) is 0 Å². The van der Waals surface area contributed by atoms with Crippen molar-refractivity contribution in [2.24, 2.45) is 0 Å². The Hall–Kier alpha value is 1.29. The van der Waals surface area contributed by atoms with Crippen LogP contribution in [0.3, 0.4) is 0 Å². The molecule has 0 aliphatic rings. The zero-order valence-electron chi connectivity index (χ0n) is 4.78. The standard InChI is InChI=1S/C3H7BS5/c5-3-1-2-4-7-9-8-6/h5H,1-3H2. The fourth-order valence-electron chi connectivity index (χ4n) is 0.267. The number of hydrogen-bond acceptors (Lipinski definition) is 2. The molecule has 0 aromatic heterocycles. The van der Waals surface area contributed by atoms with Crippen molar-refractivity contribution in [1.29, 1.82) is 0 Å². The van der Waals surface area contributed by atoms with Gasteiger partial charge >= 0.3 is 76.0 Å². The van der Waals surface area contributed by atoms with Gasteiger partial charge in [-0.15, -0.1) is 0 Å². The molecule has 0 saturated heterocycles. The zero-order valence-corrected chi connectivity index (χ0v) is 8.94. The molecule has 0 amide bonds. The summed E-state index contributed by atoms with van der Waals surface area (Å²) in [5, 5.41) is 0. The van der Waals surface area contributed by atoms with Crippen molar-refractivity contribution < 1.29 is 0 Å². The summed E-state index contributed by atoms with van der Waals surface area (Å²) in [7, 11) is 4.71. The summed E-state index contributed by atoms with van der Waals surface area (Å²) in [6, 6.07) is 0. The molecule has 52 valence electrons. The Morgan fingerprint density at radius 1 is 1.56 bits per heavy atom. The molecule has 0 fully saturated rings. The molecule has 0 aliphatic heterocycles. The second-order valence-electron chi connectivity index (χ2n) is 1.26. The molecule has 0 aromatic carbocycles. The molecule has 0 aromatic rings. The van der Waals surface area contributed by atoms with Crippen LogP contribution < -0.4 is 0 Å². The fraction of sp³-hybridized carbons (Fsp3) is 1.00. The molecule has 0 unspecified atom stereocenters. The second kappa shape index (κ2) is 9.29. The van der Waals surface area contributed by atoms with E-state index in [0.29, 0.717) is 0 Å². The number of rotatable bonds is 3. The number of thiol groups is 1. The molecule has 0 aliphatic carbocycles. The third kappa shape index (κ3) is 9.29. The van der Waals surface area contributed by atoms with Gasteiger partial charge < -0.3 is 0 Å². The summed E-state index contributed by atoms with van der Waals surface area (Å²) in [6.07, 6.45) is 4.47. The van der Waals surface area contributed by atoms with Crippen molar-refractivity contribution in [1.82, 2.24) is 0 Å². The van der Waals surface area contributed by atoms with E-state index in [-0.39, 0.29) is 0 Å². The maximum atomic E-state index is 4.65. The van der Waals surface area contributed by atoms with Crippen LogP contribution in [0.25, 0.3) is 0 Å². The molecule has 6 heteroatoms. The van der Waals surface area contributed by atoms with Crippen molar-refractivity contribution in [3.05, 3.63) is 0 Å². The summed E-state index contributed by atoms with van der Waals surface area (Å²) in [6.45, 7) is 0. The zero-order chi connectivity index (χ0) is 6.95. The van der Waals surface area contributed by atoms with Gasteiger partial charge in [0, 0.05) is 0 Å². The first kappa shape index (κ1) is 10.3. The van der Waals surface area contributed by atoms with Crippen LogP contribution in [-0.2, 0) is 38.7 Å². The molecule has 0 atom stereocenters. The summed E-state index contributed by atoms with van der Waals surface area (Å²) in [4.78, 5) is 0. The molecule has 0 heterocycles. The third-order valence-corrected chi connectivity index (χ3v) is 4.96. The van der Waals surface area contributed by atoms with Crippen molar-refractivity contribution >= 4 is 57.5 Å². The molecule has 0 saturated carbocycles. The van der Waals surface area contributed by atoms with Crippen LogP contribution in [0.2, 0.25) is 6.32 Å². The summed E-state index contributed by atoms with van der Waals surface area (Å²) >= 11 is 8.74. The Balaban J connectivity index is 3.48. The van der Waals surface area contributed by atoms with Gasteiger partial charge in [-0.1, -0.05) is 0 Å². The topological polar surface area (TPSA) is 0 Å². The monoisotopic (exact) mass is 214 g/mol. The predicted molar refractivity (Wildman–Crippen MR) is 58.5 cm³/mol. The van der Waals surface area contributed by atoms with E-state index in [2.05, 4.69) is 30.0 Å². The van der Waals surface area contributed by atoms with Gasteiger partial charge in [-0.05, 0) is 0 Å². The van der Waals surface area contributed by atoms with Gasteiger partial charge in [-0.25, -0.2) is 0 Å². The molecule has 0 N–H and O–H groups in total. The van der Waals surface area contributed by atoms with Crippen molar-refractivity contribution in [2.75, 3.05) is 5.75 Å². The average Bonchev–Trinajstić information content (AvgIpc) is 1.89. The molecule has 0 rings (SSSR count). The van der Waals surface area contributed by atoms with E-state index in [9.17, 15) is 0 Å². The molecule has 9 heavy (non-hydrogen) atoms. The van der Waals surface area contributed by atoms with E-state index < -0.39 is 0 Å². The van der Waals surface area contributed by atoms with Gasteiger partial charge in [0.15, 0.2) is 0 Å². The first-order valence-electron chi connectivity index (χ1n) is 2.46. The average molecular weight is 214 g/mol. The van der Waals surface area contributed by atoms with Crippen LogP contribution in [0.5, 0.6) is 0 Å². The van der Waals surface area contributed by atoms with Gasteiger partial charge in [-0.3, -0.25) is 0 Å². The van der Waals surface area contributed by atoms with Gasteiger partial charge in [-0.2, -0.15) is 0 Å². The number of hydrogen-bond donors (Lipinski definition) is 1. The summed E-state index contributed by atoms with van der Waals surface area (Å²) in [5.74, 6) is 0.975. The minimum absolute atomic E-state index is 0.975. The molecular formula is C3H7BS5. The summed E-state index contributed by atoms with van der Waals surface area (Å²) in [5.41, 5.74) is 0. The Labute approximate surface area is 75.6 Å². The SMILES string of the molecule is S=S=S=S=BCCCS. The third-order valence-electron chi connectivity index (χ3n) is 0.615. The van der Waals surface area contributed by atoms with Gasteiger partial charge in [0.25, 0.3) is 0 Å². The van der Waals surface area contributed by atoms with E-state index >= 15 is 0 Å². The molecule has 0 nitrogen and oxygen atoms in total. The maximum absolute atomic E-state index is 4.65. The minimum atomic E-state index is 0.975. The van der Waals surface area contributed by atoms with Gasteiger partial charge in [0.2, 0.25) is 0 Å². The Kier molecular flexibility index (Phi) is 10.6. The fourth-order valence-corrected chi connectivity index (χ4v) is 3.01. The first-order chi connectivity index (χ1) is 4.41. The molecule has 0 spiro atoms. The van der Waals surface area contributed by atoms with Crippen LogP contribution in [0.15, 0.2) is 0 Å². The van der Waals surface area contributed by atoms with E-state index in [0.717, 1.165) is 12.1 Å². The quantitative estimate of drug-likeness (QED) is 0.413. The van der Waals surface area contributed by atoms with Gasteiger partial charge in [0.05, 0.1) is 0 Å². The van der Waals surface area contributed by atoms with Crippen molar-refractivity contribution in [3.63, 3.8) is 0 Å². The van der Waals surface area contributed by atoms with Crippen LogP contribution in [-0.4, -0.2) is 11.9 Å². The van der Waals surface area contributed by atoms with Crippen LogP contribution in [0.1, 0.15) is 6.42 Å². The van der Waals surface area contributed by atoms with E-state index in [1.165, 1.54) is 15.3 Å². The second-order valence-corrected chi connectivity index (χ2v) is 6.35. The summed E-state index contributed by atoms with van der Waals surface area (Å²) < 4.78 is 0. The Morgan fingerprint density at radius 3 is 2.89 bits per heavy atom. The molecular weight excluding hydrogens is 207 g/mol. The van der Waals surface area contributed by atoms with E-state index in [1.54, 1.807) is 18.6 Å². The van der Waals surface area contributed by atoms with Crippen LogP contribution >= 0.6 is 12.6 Å². The first-order valence-corrected chi connectivity index (χ1v) is 7.56. The van der Waals surface area contributed by atoms with Crippen molar-refractivity contribution in [3.8, 4) is 0 Å². The van der Waals surface area contributed by atoms with E-state index in [1.807, 2.05) is 0 Å². The van der Waals surface area contributed by atoms with Crippen LogP contribution in [0.4, 0.5) is 0 Å². The van der Waals surface area contributed by atoms with Gasteiger partial charge in [0.1, 0.15) is 0 Å². The van der Waals surface area contributed by atoms with Crippen molar-refractivity contribution in [2.45, 2.75) is 12.7 Å². The molecule has 0 radical (unpaired) electrons. The van der Waals surface area contributed by atoms with E-state index in [4.69, 9.17) is 0 Å². The Bertz CT molecular complexity index is 171. The predicted octanol–water partition coefficient (Wildman–Crippen LogP) is 0.883. The normalized spacial score (nSPS) is 7.67.